The molecule has 0 spiro atoms. The highest BCUT2D eigenvalue weighted by atomic mass is 16.6. The van der Waals surface area contributed by atoms with E-state index in [1.807, 2.05) is 34.6 Å². The Morgan fingerprint density at radius 1 is 1.29 bits per heavy atom. The molecule has 0 fully saturated rings. The second-order valence-electron chi connectivity index (χ2n) is 7.63. The second kappa shape index (κ2) is 5.58. The van der Waals surface area contributed by atoms with Crippen LogP contribution in [0.2, 0.25) is 0 Å². The van der Waals surface area contributed by atoms with Gasteiger partial charge in [0.1, 0.15) is 5.60 Å². The lowest BCUT2D eigenvalue weighted by Gasteiger charge is -2.37. The van der Waals surface area contributed by atoms with Crippen molar-refractivity contribution in [2.24, 2.45) is 0 Å². The Bertz CT molecular complexity index is 747. The first-order valence-corrected chi connectivity index (χ1v) is 7.92. The van der Waals surface area contributed by atoms with E-state index in [-0.39, 0.29) is 11.5 Å². The average molecular weight is 330 g/mol. The monoisotopic (exact) mass is 330 g/mol. The fourth-order valence-electron chi connectivity index (χ4n) is 2.83. The fourth-order valence-corrected chi connectivity index (χ4v) is 2.83. The Balaban J connectivity index is 1.96. The lowest BCUT2D eigenvalue weighted by Crippen LogP contribution is -2.46. The van der Waals surface area contributed by atoms with E-state index in [0.29, 0.717) is 24.7 Å². The molecule has 0 bridgehead atoms. The first kappa shape index (κ1) is 16.4. The largest absolute Gasteiger partial charge is 0.444 e. The summed E-state index contributed by atoms with van der Waals surface area (Å²) >= 11 is 0. The van der Waals surface area contributed by atoms with Crippen molar-refractivity contribution < 1.29 is 14.1 Å². The van der Waals surface area contributed by atoms with Crippen molar-refractivity contribution in [2.45, 2.75) is 52.2 Å². The van der Waals surface area contributed by atoms with Crippen molar-refractivity contribution >= 4 is 6.09 Å². The van der Waals surface area contributed by atoms with E-state index in [1.165, 1.54) is 0 Å². The van der Waals surface area contributed by atoms with Crippen LogP contribution in [-0.2, 0) is 16.7 Å². The van der Waals surface area contributed by atoms with Crippen LogP contribution in [0.25, 0.3) is 11.6 Å². The average Bonchev–Trinajstić information content (AvgIpc) is 2.90. The van der Waals surface area contributed by atoms with Crippen LogP contribution in [0.3, 0.4) is 0 Å². The van der Waals surface area contributed by atoms with Crippen LogP contribution in [-0.4, -0.2) is 38.3 Å². The van der Waals surface area contributed by atoms with Crippen molar-refractivity contribution in [3.8, 4) is 11.6 Å². The van der Waals surface area contributed by atoms with Crippen LogP contribution in [0, 0.1) is 0 Å². The lowest BCUT2D eigenvalue weighted by atomic mass is 9.82. The van der Waals surface area contributed by atoms with E-state index < -0.39 is 5.60 Å². The summed E-state index contributed by atoms with van der Waals surface area (Å²) in [6.07, 6.45) is 2.95. The minimum atomic E-state index is -0.540. The molecule has 0 saturated carbocycles. The van der Waals surface area contributed by atoms with Gasteiger partial charge in [0.15, 0.2) is 5.82 Å². The Morgan fingerprint density at radius 3 is 2.58 bits per heavy atom. The van der Waals surface area contributed by atoms with Crippen molar-refractivity contribution in [2.75, 3.05) is 6.54 Å². The molecule has 7 heteroatoms. The maximum absolute atomic E-state index is 12.5. The van der Waals surface area contributed by atoms with Crippen molar-refractivity contribution in [3.63, 3.8) is 0 Å². The van der Waals surface area contributed by atoms with E-state index >= 15 is 0 Å². The van der Waals surface area contributed by atoms with Crippen LogP contribution in [0.1, 0.15) is 45.9 Å². The molecule has 128 valence electrons. The number of hydrogen-bond donors (Lipinski definition) is 0. The topological polar surface area (TPSA) is 81.4 Å². The van der Waals surface area contributed by atoms with Gasteiger partial charge in [0.25, 0.3) is 0 Å². The third kappa shape index (κ3) is 3.11. The molecule has 0 atom stereocenters. The Morgan fingerprint density at radius 2 is 1.96 bits per heavy atom. The molecule has 1 aliphatic heterocycles. The zero-order chi connectivity index (χ0) is 17.5. The molecule has 3 rings (SSSR count). The van der Waals surface area contributed by atoms with Crippen LogP contribution in [0.5, 0.6) is 0 Å². The van der Waals surface area contributed by atoms with Gasteiger partial charge < -0.3 is 14.2 Å². The van der Waals surface area contributed by atoms with Gasteiger partial charge in [-0.25, -0.2) is 14.8 Å². The molecule has 24 heavy (non-hydrogen) atoms. The molecule has 2 aromatic rings. The summed E-state index contributed by atoms with van der Waals surface area (Å²) in [4.78, 5) is 22.6. The van der Waals surface area contributed by atoms with Gasteiger partial charge in [-0.15, -0.1) is 0 Å². The molecule has 1 aliphatic rings. The van der Waals surface area contributed by atoms with E-state index in [9.17, 15) is 4.79 Å². The number of amides is 1. The number of fused-ring (bicyclic) bond motifs is 1. The highest BCUT2D eigenvalue weighted by Crippen LogP contribution is 2.37. The van der Waals surface area contributed by atoms with Gasteiger partial charge in [0.05, 0.1) is 12.2 Å². The predicted octanol–water partition coefficient (Wildman–Crippen LogP) is 3.16. The molecule has 0 aromatic carbocycles. The molecule has 0 unspecified atom stereocenters. The predicted molar refractivity (Wildman–Crippen MR) is 87.2 cm³/mol. The van der Waals surface area contributed by atoms with Gasteiger partial charge >= 0.3 is 6.09 Å². The summed E-state index contributed by atoms with van der Waals surface area (Å²) in [6.45, 7) is 10.5. The highest BCUT2D eigenvalue weighted by molar-refractivity contribution is 5.70. The van der Waals surface area contributed by atoms with Crippen molar-refractivity contribution in [1.82, 2.24) is 20.0 Å². The lowest BCUT2D eigenvalue weighted by molar-refractivity contribution is 0.0172. The molecule has 0 radical (unpaired) electrons. The third-order valence-electron chi connectivity index (χ3n) is 3.78. The summed E-state index contributed by atoms with van der Waals surface area (Å²) in [5.41, 5.74) is 0.788. The van der Waals surface area contributed by atoms with Gasteiger partial charge in [-0.05, 0) is 26.8 Å². The van der Waals surface area contributed by atoms with E-state index in [1.54, 1.807) is 23.4 Å². The van der Waals surface area contributed by atoms with Crippen molar-refractivity contribution in [1.29, 1.82) is 0 Å². The van der Waals surface area contributed by atoms with Crippen LogP contribution >= 0.6 is 0 Å². The normalized spacial score (nSPS) is 16.6. The zero-order valence-electron chi connectivity index (χ0n) is 14.7. The summed E-state index contributed by atoms with van der Waals surface area (Å²) in [5, 5.41) is 4.22. The van der Waals surface area contributed by atoms with E-state index in [0.717, 1.165) is 11.3 Å². The summed E-state index contributed by atoms with van der Waals surface area (Å²) in [5.74, 6) is 0.972. The number of carbonyl (C=O) groups excluding carboxylic acids is 1. The quantitative estimate of drug-likeness (QED) is 0.799. The van der Waals surface area contributed by atoms with E-state index in [2.05, 4.69) is 15.1 Å². The van der Waals surface area contributed by atoms with Crippen LogP contribution in [0.4, 0.5) is 4.79 Å². The molecule has 0 aliphatic carbocycles. The van der Waals surface area contributed by atoms with Gasteiger partial charge in [0.2, 0.25) is 5.76 Å². The molecular formula is C17H22N4O3. The molecule has 0 N–H and O–H groups in total. The summed E-state index contributed by atoms with van der Waals surface area (Å²) in [7, 11) is 0. The Hall–Kier alpha value is -2.44. The summed E-state index contributed by atoms with van der Waals surface area (Å²) in [6, 6.07) is 1.74. The van der Waals surface area contributed by atoms with Crippen LogP contribution in [0.15, 0.2) is 23.0 Å². The molecule has 7 nitrogen and oxygen atoms in total. The first-order chi connectivity index (χ1) is 11.2. The SMILES string of the molecule is CC(C)(C)OC(=O)N1Cc2c(noc2-c2ncccn2)C(C)(C)C1. The minimum Gasteiger partial charge on any atom is -0.444 e. The maximum Gasteiger partial charge on any atom is 0.410 e. The van der Waals surface area contributed by atoms with Gasteiger partial charge in [-0.3, -0.25) is 0 Å². The summed E-state index contributed by atoms with van der Waals surface area (Å²) < 4.78 is 11.0. The van der Waals surface area contributed by atoms with E-state index in [4.69, 9.17) is 9.26 Å². The Labute approximate surface area is 141 Å². The maximum atomic E-state index is 12.5. The van der Waals surface area contributed by atoms with Gasteiger partial charge in [-0.1, -0.05) is 19.0 Å². The molecule has 0 saturated heterocycles. The minimum absolute atomic E-state index is 0.345. The standard InChI is InChI=1S/C17H22N4O3/c1-16(2,3)23-15(22)21-9-11-12(14-18-7-6-8-19-14)24-20-13(11)17(4,5)10-21/h6-8H,9-10H2,1-5H3. The zero-order valence-corrected chi connectivity index (χ0v) is 14.7. The van der Waals surface area contributed by atoms with Gasteiger partial charge in [-0.2, -0.15) is 0 Å². The third-order valence-corrected chi connectivity index (χ3v) is 3.78. The number of rotatable bonds is 1. The molecule has 3 heterocycles. The van der Waals surface area contributed by atoms with Crippen LogP contribution < -0.4 is 0 Å². The fraction of sp³-hybridized carbons (Fsp3) is 0.529. The second-order valence-corrected chi connectivity index (χ2v) is 7.63. The smallest absolute Gasteiger partial charge is 0.410 e. The number of ether oxygens (including phenoxy) is 1. The number of nitrogens with zero attached hydrogens (tertiary/aromatic N) is 4. The number of carbonyl (C=O) groups is 1. The Kier molecular flexibility index (Phi) is 3.81. The molecule has 2 aromatic heterocycles. The first-order valence-electron chi connectivity index (χ1n) is 7.92. The molecule has 1 amide bonds. The van der Waals surface area contributed by atoms with Gasteiger partial charge in [0, 0.05) is 29.9 Å². The van der Waals surface area contributed by atoms with Crippen molar-refractivity contribution in [3.05, 3.63) is 29.7 Å². The number of aromatic nitrogens is 3. The highest BCUT2D eigenvalue weighted by Gasteiger charge is 2.40. The molecular weight excluding hydrogens is 308 g/mol. The number of hydrogen-bond acceptors (Lipinski definition) is 6.